The Labute approximate surface area is 631 Å². The van der Waals surface area contributed by atoms with Gasteiger partial charge in [-0.2, -0.15) is 0 Å². The van der Waals surface area contributed by atoms with Crippen LogP contribution < -0.4 is 55.3 Å². The van der Waals surface area contributed by atoms with Crippen LogP contribution in [0.3, 0.4) is 0 Å². The summed E-state index contributed by atoms with van der Waals surface area (Å²) in [6, 6.07) is 17.8. The van der Waals surface area contributed by atoms with Crippen molar-refractivity contribution in [3.63, 3.8) is 0 Å². The molecule has 0 amide bonds. The van der Waals surface area contributed by atoms with Crippen LogP contribution in [-0.2, 0) is 32.5 Å². The molecular weight excluding hydrogens is 1800 g/mol. The number of hydrogen-bond acceptors (Lipinski definition) is 15. The smallest absolute Gasteiger partial charge is 0.0541 e. The monoisotopic (exact) mass is 1890 g/mol. The van der Waals surface area contributed by atoms with E-state index >= 15 is 0 Å². The molecule has 0 spiro atoms. The Morgan fingerprint density at radius 3 is 0.778 bits per heavy atom. The number of nitrogens with two attached hydrogens (primary N) is 5. The first-order valence-corrected chi connectivity index (χ1v) is 37.9. The van der Waals surface area contributed by atoms with Gasteiger partial charge in [-0.1, -0.05) is 79.6 Å². The second-order valence-electron chi connectivity index (χ2n) is 23.1. The van der Waals surface area contributed by atoms with Gasteiger partial charge in [0.2, 0.25) is 0 Å². The molecule has 500 valence electrons. The molecule has 2 unspecified atom stereocenters. The van der Waals surface area contributed by atoms with Crippen LogP contribution >= 0.6 is 159 Å². The molecule has 5 fully saturated rings. The van der Waals surface area contributed by atoms with Gasteiger partial charge in [-0.15, -0.1) is 0 Å². The highest BCUT2D eigenvalue weighted by molar-refractivity contribution is 9.12. The van der Waals surface area contributed by atoms with Gasteiger partial charge >= 0.3 is 0 Å². The molecule has 25 heteroatoms. The fourth-order valence-electron chi connectivity index (χ4n) is 10.4. The summed E-state index contributed by atoms with van der Waals surface area (Å²) in [5.41, 5.74) is 34.0. The average Bonchev–Trinajstić information content (AvgIpc) is 0.827. The molecule has 0 bridgehead atoms. The summed E-state index contributed by atoms with van der Waals surface area (Å²) >= 11 is 33.5. The largest absolute Gasteiger partial charge is 0.398 e. The van der Waals surface area contributed by atoms with E-state index in [2.05, 4.69) is 186 Å². The maximum absolute atomic E-state index is 9.51. The highest BCUT2D eigenvalue weighted by atomic mass is 79.9. The van der Waals surface area contributed by atoms with E-state index in [1.165, 1.54) is 0 Å². The lowest BCUT2D eigenvalue weighted by Crippen LogP contribution is -2.34. The molecule has 0 saturated heterocycles. The van der Waals surface area contributed by atoms with E-state index in [1.54, 1.807) is 60.7 Å². The maximum Gasteiger partial charge on any atom is 0.0541 e. The van der Waals surface area contributed by atoms with Crippen LogP contribution in [0.5, 0.6) is 0 Å². The van der Waals surface area contributed by atoms with Crippen molar-refractivity contribution in [1.29, 1.82) is 0 Å². The van der Waals surface area contributed by atoms with Crippen LogP contribution in [0.25, 0.3) is 0 Å². The summed E-state index contributed by atoms with van der Waals surface area (Å²) in [6.45, 7) is -8.53. The Hall–Kier alpha value is -0.500. The minimum Gasteiger partial charge on any atom is -0.398 e. The lowest BCUT2D eigenvalue weighted by Gasteiger charge is -2.26. The van der Waals surface area contributed by atoms with E-state index in [-0.39, 0.29) is 60.7 Å². The average molecular weight is 1900 g/mol. The first-order chi connectivity index (χ1) is 46.5. The van der Waals surface area contributed by atoms with Gasteiger partial charge in [0.25, 0.3) is 0 Å². The van der Waals surface area contributed by atoms with Gasteiger partial charge in [-0.3, -0.25) is 0 Å². The van der Waals surface area contributed by atoms with E-state index in [0.717, 1.165) is 86.6 Å². The zero-order valence-electron chi connectivity index (χ0n) is 59.6. The fraction of sp³-hybridized carbons (Fsp3) is 0.538. The van der Waals surface area contributed by atoms with Crippen molar-refractivity contribution in [3.8, 4) is 0 Å². The van der Waals surface area contributed by atoms with Gasteiger partial charge in [0.15, 0.2) is 0 Å². The fourth-order valence-corrected chi connectivity index (χ4v) is 16.6. The van der Waals surface area contributed by atoms with Crippen molar-refractivity contribution < 1.29 is 39.2 Å². The molecule has 20 N–H and O–H groups in total. The van der Waals surface area contributed by atoms with Gasteiger partial charge in [0.05, 0.1) is 59.0 Å². The lowest BCUT2D eigenvalue weighted by atomic mass is 9.93. The number of rotatable bonds is 15. The number of halogens is 10. The molecule has 0 aliphatic heterocycles. The number of aliphatic hydroxyl groups is 5. The van der Waals surface area contributed by atoms with Gasteiger partial charge in [0.1, 0.15) is 0 Å². The lowest BCUT2D eigenvalue weighted by molar-refractivity contribution is 0.116. The first kappa shape index (κ1) is 64.2. The van der Waals surface area contributed by atoms with Crippen LogP contribution in [0.2, 0.25) is 0 Å². The van der Waals surface area contributed by atoms with E-state index in [1.807, 2.05) is 0 Å². The van der Waals surface area contributed by atoms with E-state index < -0.39 is 32.5 Å². The van der Waals surface area contributed by atoms with E-state index in [4.69, 9.17) is 42.4 Å². The van der Waals surface area contributed by atoms with Gasteiger partial charge in [0, 0.05) is 121 Å². The first-order valence-electron chi connectivity index (χ1n) is 35.0. The third-order valence-corrected chi connectivity index (χ3v) is 21.6. The summed E-state index contributed by atoms with van der Waals surface area (Å²) in [5.74, 6) is 0. The molecule has 15 nitrogen and oxygen atoms in total. The molecule has 0 heterocycles. The third-order valence-electron chi connectivity index (χ3n) is 16.0. The van der Waals surface area contributed by atoms with Crippen molar-refractivity contribution in [3.05, 3.63) is 133 Å². The molecule has 5 aliphatic rings. The molecule has 2 atom stereocenters. The Bertz CT molecular complexity index is 2980. The van der Waals surface area contributed by atoms with E-state index in [0.29, 0.717) is 143 Å². The quantitative estimate of drug-likeness (QED) is 0.0343. The summed E-state index contributed by atoms with van der Waals surface area (Å²) < 4.78 is 89.8. The topological polar surface area (TPSA) is 291 Å². The Morgan fingerprint density at radius 2 is 0.511 bits per heavy atom. The number of nitrogens with one attached hydrogen (secondary N) is 5. The molecule has 5 aromatic carbocycles. The minimum atomic E-state index is -1.71. The number of aliphatic hydroxyl groups excluding tert-OH is 5. The normalized spacial score (nSPS) is 27.7. The zero-order chi connectivity index (χ0) is 74.6. The molecule has 0 radical (unpaired) electrons. The molecule has 10 rings (SSSR count). The van der Waals surface area contributed by atoms with Crippen molar-refractivity contribution in [2.24, 2.45) is 0 Å². The summed E-state index contributed by atoms with van der Waals surface area (Å²) in [4.78, 5) is 0. The summed E-state index contributed by atoms with van der Waals surface area (Å²) in [7, 11) is 0. The van der Waals surface area contributed by atoms with Gasteiger partial charge < -0.3 is 80.8 Å². The predicted octanol–water partition coefficient (Wildman–Crippen LogP) is 15.9. The third kappa shape index (κ3) is 27.4. The van der Waals surface area contributed by atoms with Crippen LogP contribution in [0.4, 0.5) is 28.4 Å². The van der Waals surface area contributed by atoms with Gasteiger partial charge in [-0.05, 0) is 297 Å². The second-order valence-corrected chi connectivity index (χ2v) is 32.0. The molecule has 0 aromatic heterocycles. The standard InChI is InChI=1S/5C13H18Br2N2O/c5*14-9-5-8(13(16)12(15)6-9)7-17-10-1-3-11(18)4-2-10/h5*5-6,10-11,17-18H,1-4,7,16H2/i7+1D2;7+1DH;7+1H2;7D2;7DH. The SMILES string of the molecule is [1H]C([2H])(NC1CCC(O)CC1)c1cc(Br)cc(Br)c1N.[1H][13C]([1H])(NC1CCC(O)CC1)c1cc(Br)cc(Br)c1N.[1H][13C]([2H])(NC1CCC(O)CC1)c1cc(Br)cc(Br)c1N.[2H]C([2H])(NC1CCC(O)CC1)c1cc(Br)cc(Br)c1N.[2H][13C]([2H])(NC1CCC(O)CC1)c1cc(Br)cc(Br)c1N. The number of nitrogen functional groups attached to an aromatic ring is 5. The molecule has 90 heavy (non-hydrogen) atoms. The predicted molar refractivity (Wildman–Crippen MR) is 407 cm³/mol. The summed E-state index contributed by atoms with van der Waals surface area (Å²) in [6.07, 6.45) is 13.6. The summed E-state index contributed by atoms with van der Waals surface area (Å²) in [5, 5.41) is 62.7. The molecule has 5 saturated carbocycles. The Balaban J connectivity index is 0.000000197. The van der Waals surface area contributed by atoms with Crippen molar-refractivity contribution >= 4 is 188 Å². The van der Waals surface area contributed by atoms with Crippen LogP contribution in [0, 0.1) is 0 Å². The van der Waals surface area contributed by atoms with Crippen molar-refractivity contribution in [2.75, 3.05) is 28.7 Å². The second kappa shape index (κ2) is 40.4. The Morgan fingerprint density at radius 1 is 0.311 bits per heavy atom. The van der Waals surface area contributed by atoms with Crippen molar-refractivity contribution in [1.82, 2.24) is 26.6 Å². The molecular formula is C65H90Br10N10O5. The number of hydrogen-bond donors (Lipinski definition) is 15. The maximum atomic E-state index is 9.51. The molecule has 5 aliphatic carbocycles. The van der Waals surface area contributed by atoms with Crippen LogP contribution in [0.1, 0.15) is 170 Å². The number of benzene rings is 5. The van der Waals surface area contributed by atoms with Crippen LogP contribution in [0.15, 0.2) is 105 Å². The molecule has 5 aromatic rings. The Kier molecular flexibility index (Phi) is 28.8. The van der Waals surface area contributed by atoms with Gasteiger partial charge in [-0.25, -0.2) is 0 Å². The number of anilines is 5. The zero-order valence-corrected chi connectivity index (χ0v) is 65.5. The highest BCUT2D eigenvalue weighted by Gasteiger charge is 2.24. The highest BCUT2D eigenvalue weighted by Crippen LogP contribution is 2.34. The van der Waals surface area contributed by atoms with Crippen LogP contribution in [-0.4, -0.2) is 86.3 Å². The van der Waals surface area contributed by atoms with Crippen molar-refractivity contribution in [2.45, 2.75) is 222 Å². The van der Waals surface area contributed by atoms with E-state index in [9.17, 15) is 25.5 Å². The minimum absolute atomic E-state index is 0.0607.